The first-order valence-electron chi connectivity index (χ1n) is 5.71. The number of hydrogen-bond acceptors (Lipinski definition) is 5. The summed E-state index contributed by atoms with van der Waals surface area (Å²) < 4.78 is 44.3. The summed E-state index contributed by atoms with van der Waals surface area (Å²) in [6.45, 7) is 1.47. The van der Waals surface area contributed by atoms with Gasteiger partial charge in [0, 0.05) is 11.6 Å². The first-order chi connectivity index (χ1) is 9.73. The molecule has 0 spiro atoms. The van der Waals surface area contributed by atoms with E-state index in [4.69, 9.17) is 0 Å². The second-order valence-corrected chi connectivity index (χ2v) is 3.69. The molecule has 1 N–H and O–H groups in total. The second kappa shape index (κ2) is 6.78. The Morgan fingerprint density at radius 2 is 2.00 bits per heavy atom. The fraction of sp³-hybridized carbons (Fsp3) is 0.231. The number of esters is 1. The third kappa shape index (κ3) is 5.55. The van der Waals surface area contributed by atoms with Crippen molar-refractivity contribution in [1.82, 2.24) is 0 Å². The zero-order valence-corrected chi connectivity index (χ0v) is 10.8. The number of aliphatic hydroxyl groups is 1. The predicted octanol–water partition coefficient (Wildman–Crippen LogP) is 2.62. The molecule has 0 atom stereocenters. The van der Waals surface area contributed by atoms with Crippen molar-refractivity contribution in [2.45, 2.75) is 13.3 Å². The molecule has 0 aliphatic carbocycles. The number of benzene rings is 1. The van der Waals surface area contributed by atoms with Crippen molar-refractivity contribution in [3.63, 3.8) is 0 Å². The lowest BCUT2D eigenvalue weighted by Crippen LogP contribution is -2.17. The molecule has 5 nitrogen and oxygen atoms in total. The molecular weight excluding hydrogens is 293 g/mol. The van der Waals surface area contributed by atoms with Gasteiger partial charge in [-0.2, -0.15) is 0 Å². The first kappa shape index (κ1) is 16.5. The molecule has 0 aromatic heterocycles. The van der Waals surface area contributed by atoms with Gasteiger partial charge in [-0.3, -0.25) is 4.79 Å². The molecule has 1 rings (SSSR count). The van der Waals surface area contributed by atoms with Gasteiger partial charge in [0.2, 0.25) is 0 Å². The molecule has 0 aliphatic heterocycles. The van der Waals surface area contributed by atoms with Gasteiger partial charge in [0.25, 0.3) is 5.78 Å². The molecule has 0 unspecified atom stereocenters. The number of aliphatic hydroxyl groups excluding tert-OH is 1. The van der Waals surface area contributed by atoms with Crippen molar-refractivity contribution in [1.29, 1.82) is 0 Å². The Bertz CT molecular complexity index is 563. The lowest BCUT2D eigenvalue weighted by atomic mass is 10.1. The number of rotatable bonds is 5. The van der Waals surface area contributed by atoms with E-state index in [0.29, 0.717) is 6.08 Å². The van der Waals surface area contributed by atoms with E-state index in [-0.39, 0.29) is 12.2 Å². The van der Waals surface area contributed by atoms with Crippen LogP contribution in [0, 0.1) is 0 Å². The maximum Gasteiger partial charge on any atom is 0.573 e. The van der Waals surface area contributed by atoms with Crippen molar-refractivity contribution in [2.24, 2.45) is 0 Å². The molecule has 0 bridgehead atoms. The molecular formula is C13H11F3O5. The number of carbonyl (C=O) groups is 2. The minimum absolute atomic E-state index is 0.0198. The predicted molar refractivity (Wildman–Crippen MR) is 65.4 cm³/mol. The summed E-state index contributed by atoms with van der Waals surface area (Å²) in [5.41, 5.74) is -0.116. The lowest BCUT2D eigenvalue weighted by Gasteiger charge is -2.09. The average molecular weight is 304 g/mol. The van der Waals surface area contributed by atoms with E-state index in [1.807, 2.05) is 0 Å². The summed E-state index contributed by atoms with van der Waals surface area (Å²) in [6, 6.07) is 4.33. The van der Waals surface area contributed by atoms with E-state index in [2.05, 4.69) is 9.47 Å². The molecule has 0 saturated carbocycles. The Balaban J connectivity index is 2.92. The topological polar surface area (TPSA) is 72.8 Å². The fourth-order valence-corrected chi connectivity index (χ4v) is 1.32. The Kier molecular flexibility index (Phi) is 5.34. The summed E-state index contributed by atoms with van der Waals surface area (Å²) in [7, 11) is 0. The van der Waals surface area contributed by atoms with Crippen LogP contribution in [0.1, 0.15) is 12.5 Å². The van der Waals surface area contributed by atoms with Gasteiger partial charge in [0.1, 0.15) is 11.5 Å². The Labute approximate surface area is 117 Å². The normalized spacial score (nSPS) is 11.9. The standard InChI is InChI=1S/C13H11F3O5/c1-2-20-12(19)11(18)7-10(17)8-4-3-5-9(6-8)21-13(14,15)16/h3-7,17H,2H2,1H3/b10-7-. The maximum atomic E-state index is 12.1. The Morgan fingerprint density at radius 3 is 2.57 bits per heavy atom. The molecule has 0 amide bonds. The van der Waals surface area contributed by atoms with Crippen molar-refractivity contribution >= 4 is 17.5 Å². The van der Waals surface area contributed by atoms with Gasteiger partial charge < -0.3 is 14.6 Å². The highest BCUT2D eigenvalue weighted by atomic mass is 19.4. The minimum Gasteiger partial charge on any atom is -0.507 e. The van der Waals surface area contributed by atoms with E-state index < -0.39 is 29.6 Å². The molecule has 114 valence electrons. The molecule has 1 aromatic rings. The molecule has 21 heavy (non-hydrogen) atoms. The second-order valence-electron chi connectivity index (χ2n) is 3.69. The smallest absolute Gasteiger partial charge is 0.507 e. The van der Waals surface area contributed by atoms with Gasteiger partial charge in [-0.1, -0.05) is 12.1 Å². The zero-order chi connectivity index (χ0) is 16.0. The lowest BCUT2D eigenvalue weighted by molar-refractivity contribution is -0.274. The van der Waals surface area contributed by atoms with Crippen LogP contribution >= 0.6 is 0 Å². The molecule has 8 heteroatoms. The third-order valence-electron chi connectivity index (χ3n) is 2.11. The number of ether oxygens (including phenoxy) is 2. The van der Waals surface area contributed by atoms with Gasteiger partial charge in [-0.25, -0.2) is 4.79 Å². The van der Waals surface area contributed by atoms with Crippen LogP contribution in [0.15, 0.2) is 30.3 Å². The van der Waals surface area contributed by atoms with E-state index in [1.54, 1.807) is 0 Å². The molecule has 0 radical (unpaired) electrons. The van der Waals surface area contributed by atoms with Crippen LogP contribution in [0.4, 0.5) is 13.2 Å². The van der Waals surface area contributed by atoms with Crippen LogP contribution in [-0.2, 0) is 14.3 Å². The molecule has 0 fully saturated rings. The molecule has 0 aliphatic rings. The SMILES string of the molecule is CCOC(=O)C(=O)/C=C(\O)c1cccc(OC(F)(F)F)c1. The number of ketones is 1. The number of carbonyl (C=O) groups excluding carboxylic acids is 2. The van der Waals surface area contributed by atoms with E-state index >= 15 is 0 Å². The first-order valence-corrected chi connectivity index (χ1v) is 5.71. The summed E-state index contributed by atoms with van der Waals surface area (Å²) in [6.07, 6.45) is -4.32. The molecule has 0 saturated heterocycles. The van der Waals surface area contributed by atoms with Crippen LogP contribution in [0.3, 0.4) is 0 Å². The summed E-state index contributed by atoms with van der Waals surface area (Å²) in [5, 5.41) is 9.63. The van der Waals surface area contributed by atoms with Gasteiger partial charge in [-0.15, -0.1) is 13.2 Å². The van der Waals surface area contributed by atoms with Gasteiger partial charge in [0.05, 0.1) is 6.61 Å². The fourth-order valence-electron chi connectivity index (χ4n) is 1.32. The summed E-state index contributed by atoms with van der Waals surface area (Å²) in [5.74, 6) is -3.55. The van der Waals surface area contributed by atoms with E-state index in [0.717, 1.165) is 12.1 Å². The van der Waals surface area contributed by atoms with Crippen molar-refractivity contribution in [3.8, 4) is 5.75 Å². The van der Waals surface area contributed by atoms with Crippen molar-refractivity contribution < 1.29 is 37.3 Å². The van der Waals surface area contributed by atoms with Crippen LogP contribution in [0.25, 0.3) is 5.76 Å². The third-order valence-corrected chi connectivity index (χ3v) is 2.11. The Morgan fingerprint density at radius 1 is 1.33 bits per heavy atom. The monoisotopic (exact) mass is 304 g/mol. The van der Waals surface area contributed by atoms with Gasteiger partial charge in [0.15, 0.2) is 0 Å². The largest absolute Gasteiger partial charge is 0.573 e. The van der Waals surface area contributed by atoms with Crippen LogP contribution < -0.4 is 4.74 Å². The van der Waals surface area contributed by atoms with Crippen LogP contribution in [0.2, 0.25) is 0 Å². The molecule has 0 heterocycles. The maximum absolute atomic E-state index is 12.1. The van der Waals surface area contributed by atoms with Crippen molar-refractivity contribution in [2.75, 3.05) is 6.61 Å². The summed E-state index contributed by atoms with van der Waals surface area (Å²) in [4.78, 5) is 22.4. The molecule has 1 aromatic carbocycles. The Hall–Kier alpha value is -2.51. The van der Waals surface area contributed by atoms with Gasteiger partial charge in [-0.05, 0) is 19.1 Å². The van der Waals surface area contributed by atoms with Crippen LogP contribution in [-0.4, -0.2) is 29.8 Å². The van der Waals surface area contributed by atoms with Gasteiger partial charge >= 0.3 is 12.3 Å². The minimum atomic E-state index is -4.88. The highest BCUT2D eigenvalue weighted by molar-refractivity contribution is 6.39. The quantitative estimate of drug-likeness (QED) is 0.392. The average Bonchev–Trinajstić information content (AvgIpc) is 2.37. The van der Waals surface area contributed by atoms with E-state index in [9.17, 15) is 27.9 Å². The van der Waals surface area contributed by atoms with E-state index in [1.165, 1.54) is 19.1 Å². The highest BCUT2D eigenvalue weighted by Gasteiger charge is 2.31. The number of halogens is 3. The van der Waals surface area contributed by atoms with Crippen molar-refractivity contribution in [3.05, 3.63) is 35.9 Å². The zero-order valence-electron chi connectivity index (χ0n) is 10.8. The highest BCUT2D eigenvalue weighted by Crippen LogP contribution is 2.25. The number of alkyl halides is 3. The number of hydrogen-bond donors (Lipinski definition) is 1. The summed E-state index contributed by atoms with van der Waals surface area (Å²) >= 11 is 0. The van der Waals surface area contributed by atoms with Crippen LogP contribution in [0.5, 0.6) is 5.75 Å².